The van der Waals surface area contributed by atoms with Gasteiger partial charge in [0.2, 0.25) is 0 Å². The molecule has 0 radical (unpaired) electrons. The van der Waals surface area contributed by atoms with E-state index in [1.165, 1.54) is 51.4 Å². The lowest BCUT2D eigenvalue weighted by Gasteiger charge is -2.26. The van der Waals surface area contributed by atoms with Crippen molar-refractivity contribution in [3.05, 3.63) is 0 Å². The van der Waals surface area contributed by atoms with Crippen LogP contribution in [-0.4, -0.2) is 50.5 Å². The Balaban J connectivity index is 3.48. The average molecular weight is 255 g/mol. The van der Waals surface area contributed by atoms with Gasteiger partial charge in [-0.1, -0.05) is 51.9 Å². The molecule has 0 aromatic rings. The van der Waals surface area contributed by atoms with Crippen molar-refractivity contribution in [2.45, 2.75) is 58.3 Å². The van der Waals surface area contributed by atoms with E-state index in [4.69, 9.17) is 0 Å². The number of hydrogen-bond acceptors (Lipinski definition) is 1. The zero-order valence-electron chi connectivity index (χ0n) is 13.2. The molecule has 0 N–H and O–H groups in total. The zero-order chi connectivity index (χ0) is 13.8. The molecule has 0 aliphatic rings. The fourth-order valence-corrected chi connectivity index (χ4v) is 2.29. The van der Waals surface area contributed by atoms with Gasteiger partial charge in [0.15, 0.2) is 5.96 Å². The number of guanidine groups is 1. The molecule has 0 aromatic heterocycles. The number of rotatable bonds is 9. The highest BCUT2D eigenvalue weighted by Crippen LogP contribution is 2.08. The minimum Gasteiger partial charge on any atom is -0.349 e. The highest BCUT2D eigenvalue weighted by atomic mass is 15.3. The molecular weight excluding hydrogens is 222 g/mol. The summed E-state index contributed by atoms with van der Waals surface area (Å²) in [6.07, 6.45) is 11.0. The second-order valence-electron chi connectivity index (χ2n) is 5.31. The Labute approximate surface area is 114 Å². The summed E-state index contributed by atoms with van der Waals surface area (Å²) in [4.78, 5) is 8.63. The summed E-state index contributed by atoms with van der Waals surface area (Å²) in [5.74, 6) is 1.07. The van der Waals surface area contributed by atoms with E-state index in [9.17, 15) is 0 Å². The fraction of sp³-hybridized carbons (Fsp3) is 0.933. The largest absolute Gasteiger partial charge is 0.349 e. The molecule has 108 valence electrons. The Bertz CT molecular complexity index is 212. The summed E-state index contributed by atoms with van der Waals surface area (Å²) in [5.41, 5.74) is 0. The van der Waals surface area contributed by atoms with E-state index in [1.54, 1.807) is 0 Å². The zero-order valence-corrected chi connectivity index (χ0v) is 13.2. The van der Waals surface area contributed by atoms with Gasteiger partial charge in [0, 0.05) is 34.7 Å². The fourth-order valence-electron chi connectivity index (χ4n) is 2.29. The van der Waals surface area contributed by atoms with Gasteiger partial charge in [0.05, 0.1) is 0 Å². The summed E-state index contributed by atoms with van der Waals surface area (Å²) in [6.45, 7) is 3.38. The van der Waals surface area contributed by atoms with Crippen molar-refractivity contribution >= 4 is 5.96 Å². The van der Waals surface area contributed by atoms with E-state index >= 15 is 0 Å². The van der Waals surface area contributed by atoms with Crippen molar-refractivity contribution in [1.29, 1.82) is 0 Å². The lowest BCUT2D eigenvalue weighted by molar-refractivity contribution is 0.406. The van der Waals surface area contributed by atoms with E-state index in [2.05, 4.69) is 28.8 Å². The molecule has 0 amide bonds. The third-order valence-electron chi connectivity index (χ3n) is 3.29. The lowest BCUT2D eigenvalue weighted by Crippen LogP contribution is -2.38. The van der Waals surface area contributed by atoms with Crippen LogP contribution in [0.2, 0.25) is 0 Å². The molecule has 0 spiro atoms. The van der Waals surface area contributed by atoms with Crippen LogP contribution in [0, 0.1) is 0 Å². The highest BCUT2D eigenvalue weighted by molar-refractivity contribution is 5.79. The van der Waals surface area contributed by atoms with Crippen LogP contribution in [0.4, 0.5) is 0 Å². The molecule has 18 heavy (non-hydrogen) atoms. The molecule has 0 heterocycles. The quantitative estimate of drug-likeness (QED) is 0.356. The molecule has 0 aromatic carbocycles. The number of hydrogen-bond donors (Lipinski definition) is 0. The van der Waals surface area contributed by atoms with E-state index < -0.39 is 0 Å². The number of unbranched alkanes of at least 4 members (excludes halogenated alkanes) is 7. The molecular formula is C15H33N3. The molecule has 0 rings (SSSR count). The first-order valence-electron chi connectivity index (χ1n) is 7.48. The van der Waals surface area contributed by atoms with E-state index in [-0.39, 0.29) is 0 Å². The van der Waals surface area contributed by atoms with Crippen molar-refractivity contribution in [2.24, 2.45) is 4.99 Å². The average Bonchev–Trinajstić information content (AvgIpc) is 2.33. The number of nitrogens with zero attached hydrogens (tertiary/aromatic N) is 3. The Kier molecular flexibility index (Phi) is 10.9. The van der Waals surface area contributed by atoms with Crippen molar-refractivity contribution < 1.29 is 0 Å². The van der Waals surface area contributed by atoms with Crippen molar-refractivity contribution in [3.8, 4) is 0 Å². The van der Waals surface area contributed by atoms with Gasteiger partial charge < -0.3 is 9.80 Å². The van der Waals surface area contributed by atoms with Crippen molar-refractivity contribution in [3.63, 3.8) is 0 Å². The highest BCUT2D eigenvalue weighted by Gasteiger charge is 2.06. The second kappa shape index (κ2) is 11.4. The van der Waals surface area contributed by atoms with Crippen molar-refractivity contribution in [1.82, 2.24) is 9.80 Å². The molecule has 0 atom stereocenters. The van der Waals surface area contributed by atoms with Gasteiger partial charge >= 0.3 is 0 Å². The van der Waals surface area contributed by atoms with Gasteiger partial charge in [-0.2, -0.15) is 0 Å². The standard InChI is InChI=1S/C15H33N3/c1-6-7-8-9-10-11-12-13-14-18(5)15(16-2)17(3)4/h6-14H2,1-5H3/b16-15-. The summed E-state index contributed by atoms with van der Waals surface area (Å²) in [7, 11) is 8.09. The molecule has 0 aliphatic heterocycles. The van der Waals surface area contributed by atoms with Gasteiger partial charge in [-0.25, -0.2) is 0 Å². The summed E-state index contributed by atoms with van der Waals surface area (Å²) in [5, 5.41) is 0. The molecule has 0 bridgehead atoms. The van der Waals surface area contributed by atoms with Gasteiger partial charge in [-0.05, 0) is 6.42 Å². The third-order valence-corrected chi connectivity index (χ3v) is 3.29. The Morgan fingerprint density at radius 1 is 0.833 bits per heavy atom. The second-order valence-corrected chi connectivity index (χ2v) is 5.31. The minimum atomic E-state index is 1.07. The molecule has 0 unspecified atom stereocenters. The predicted octanol–water partition coefficient (Wildman–Crippen LogP) is 3.61. The van der Waals surface area contributed by atoms with E-state index in [0.717, 1.165) is 12.5 Å². The van der Waals surface area contributed by atoms with E-state index in [0.29, 0.717) is 0 Å². The Morgan fingerprint density at radius 2 is 1.33 bits per heavy atom. The topological polar surface area (TPSA) is 18.8 Å². The third kappa shape index (κ3) is 8.37. The molecule has 3 heteroatoms. The molecule has 0 aliphatic carbocycles. The van der Waals surface area contributed by atoms with Crippen LogP contribution >= 0.6 is 0 Å². The maximum absolute atomic E-state index is 4.30. The van der Waals surface area contributed by atoms with Gasteiger partial charge in [0.1, 0.15) is 0 Å². The van der Waals surface area contributed by atoms with Gasteiger partial charge in [-0.3, -0.25) is 4.99 Å². The van der Waals surface area contributed by atoms with Crippen LogP contribution in [-0.2, 0) is 0 Å². The molecule has 3 nitrogen and oxygen atoms in total. The maximum atomic E-state index is 4.30. The van der Waals surface area contributed by atoms with E-state index in [1.807, 2.05) is 21.1 Å². The summed E-state index contributed by atoms with van der Waals surface area (Å²) < 4.78 is 0. The first kappa shape index (κ1) is 17.3. The SMILES string of the molecule is CCCCCCCCCCN(C)/C(=N\C)N(C)C. The van der Waals surface area contributed by atoms with Crippen molar-refractivity contribution in [2.75, 3.05) is 34.7 Å². The predicted molar refractivity (Wildman–Crippen MR) is 82.3 cm³/mol. The maximum Gasteiger partial charge on any atom is 0.195 e. The van der Waals surface area contributed by atoms with Crippen LogP contribution in [0.1, 0.15) is 58.3 Å². The van der Waals surface area contributed by atoms with Crippen LogP contribution in [0.5, 0.6) is 0 Å². The minimum absolute atomic E-state index is 1.07. The molecule has 0 fully saturated rings. The number of aliphatic imine (C=N–C) groups is 1. The molecule has 0 saturated heterocycles. The Hall–Kier alpha value is -0.730. The lowest BCUT2D eigenvalue weighted by atomic mass is 10.1. The molecule has 0 saturated carbocycles. The summed E-state index contributed by atoms with van der Waals surface area (Å²) in [6, 6.07) is 0. The van der Waals surface area contributed by atoms with Gasteiger partial charge in [0.25, 0.3) is 0 Å². The first-order chi connectivity index (χ1) is 8.63. The monoisotopic (exact) mass is 255 g/mol. The Morgan fingerprint density at radius 3 is 1.78 bits per heavy atom. The first-order valence-corrected chi connectivity index (χ1v) is 7.48. The van der Waals surface area contributed by atoms with Crippen LogP contribution < -0.4 is 0 Å². The van der Waals surface area contributed by atoms with Gasteiger partial charge in [-0.15, -0.1) is 0 Å². The normalized spacial score (nSPS) is 11.7. The smallest absolute Gasteiger partial charge is 0.195 e. The summed E-state index contributed by atoms with van der Waals surface area (Å²) >= 11 is 0. The van der Waals surface area contributed by atoms with Crippen LogP contribution in [0.3, 0.4) is 0 Å². The van der Waals surface area contributed by atoms with Crippen LogP contribution in [0.15, 0.2) is 4.99 Å². The van der Waals surface area contributed by atoms with Crippen LogP contribution in [0.25, 0.3) is 0 Å².